The Morgan fingerprint density at radius 3 is 2.62 bits per heavy atom. The van der Waals surface area contributed by atoms with Gasteiger partial charge in [0.15, 0.2) is 0 Å². The Morgan fingerprint density at radius 2 is 1.92 bits per heavy atom. The van der Waals surface area contributed by atoms with Gasteiger partial charge in [-0.05, 0) is 49.1 Å². The van der Waals surface area contributed by atoms with Crippen molar-refractivity contribution in [3.8, 4) is 5.75 Å². The first-order valence-electron chi connectivity index (χ1n) is 9.25. The average molecular weight is 355 g/mol. The van der Waals surface area contributed by atoms with Gasteiger partial charge in [-0.15, -0.1) is 0 Å². The van der Waals surface area contributed by atoms with E-state index in [0.29, 0.717) is 18.8 Å². The van der Waals surface area contributed by atoms with Crippen LogP contribution in [0.2, 0.25) is 0 Å². The van der Waals surface area contributed by atoms with E-state index in [2.05, 4.69) is 19.2 Å². The summed E-state index contributed by atoms with van der Waals surface area (Å²) in [6, 6.07) is 11.5. The molecule has 2 rings (SSSR count). The van der Waals surface area contributed by atoms with E-state index < -0.39 is 0 Å². The average Bonchev–Trinajstić information content (AvgIpc) is 2.66. The van der Waals surface area contributed by atoms with Gasteiger partial charge >= 0.3 is 0 Å². The van der Waals surface area contributed by atoms with Gasteiger partial charge in [0.05, 0.1) is 13.7 Å². The maximum Gasteiger partial charge on any atom is 0.255 e. The van der Waals surface area contributed by atoms with Crippen molar-refractivity contribution in [2.75, 3.05) is 19.0 Å². The molecule has 0 radical (unpaired) electrons. The van der Waals surface area contributed by atoms with Crippen molar-refractivity contribution in [2.45, 2.75) is 46.6 Å². The highest BCUT2D eigenvalue weighted by atomic mass is 16.5. The Kier molecular flexibility index (Phi) is 7.67. The van der Waals surface area contributed by atoms with Crippen LogP contribution in [0.3, 0.4) is 0 Å². The molecule has 0 aliphatic rings. The molecular weight excluding hydrogens is 326 g/mol. The Balaban J connectivity index is 2.18. The van der Waals surface area contributed by atoms with Crippen LogP contribution in [0.25, 0.3) is 0 Å². The molecule has 2 aromatic rings. The van der Waals surface area contributed by atoms with E-state index in [1.54, 1.807) is 13.2 Å². The summed E-state index contributed by atoms with van der Waals surface area (Å²) in [5.74, 6) is 0.620. The van der Waals surface area contributed by atoms with E-state index in [-0.39, 0.29) is 5.91 Å². The zero-order valence-electron chi connectivity index (χ0n) is 16.2. The number of anilines is 1. The third kappa shape index (κ3) is 5.09. The van der Waals surface area contributed by atoms with E-state index in [1.807, 2.05) is 37.3 Å². The fourth-order valence-corrected chi connectivity index (χ4v) is 2.85. The van der Waals surface area contributed by atoms with Crippen LogP contribution in [-0.4, -0.2) is 19.6 Å². The van der Waals surface area contributed by atoms with Crippen molar-refractivity contribution >= 4 is 11.6 Å². The number of rotatable bonds is 9. The first kappa shape index (κ1) is 20.0. The van der Waals surface area contributed by atoms with Crippen molar-refractivity contribution in [3.63, 3.8) is 0 Å². The van der Waals surface area contributed by atoms with E-state index in [4.69, 9.17) is 9.47 Å². The highest BCUT2D eigenvalue weighted by molar-refractivity contribution is 6.05. The topological polar surface area (TPSA) is 47.6 Å². The molecule has 0 aliphatic heterocycles. The van der Waals surface area contributed by atoms with E-state index in [9.17, 15) is 4.79 Å². The number of carbonyl (C=O) groups is 1. The lowest BCUT2D eigenvalue weighted by Gasteiger charge is -2.14. The van der Waals surface area contributed by atoms with Crippen LogP contribution in [-0.2, 0) is 17.8 Å². The first-order chi connectivity index (χ1) is 12.6. The van der Waals surface area contributed by atoms with Crippen LogP contribution in [0.4, 0.5) is 5.69 Å². The number of aryl methyl sites for hydroxylation is 2. The SMILES string of the molecule is CCCCOCc1cc(C(=O)Nc2c(C)cccc2CC)ccc1OC. The molecule has 0 spiro atoms. The smallest absolute Gasteiger partial charge is 0.255 e. The number of nitrogens with one attached hydrogen (secondary N) is 1. The van der Waals surface area contributed by atoms with Crippen LogP contribution < -0.4 is 10.1 Å². The molecular formula is C22H29NO3. The number of benzene rings is 2. The quantitative estimate of drug-likeness (QED) is 0.634. The van der Waals surface area contributed by atoms with Gasteiger partial charge in [-0.25, -0.2) is 0 Å². The predicted molar refractivity (Wildman–Crippen MR) is 106 cm³/mol. The van der Waals surface area contributed by atoms with E-state index in [0.717, 1.165) is 47.4 Å². The molecule has 4 nitrogen and oxygen atoms in total. The molecule has 0 fully saturated rings. The van der Waals surface area contributed by atoms with Gasteiger partial charge in [0, 0.05) is 23.4 Å². The predicted octanol–water partition coefficient (Wildman–Crippen LogP) is 5.14. The molecule has 0 aromatic heterocycles. The molecule has 0 saturated carbocycles. The monoisotopic (exact) mass is 355 g/mol. The number of para-hydroxylation sites is 1. The zero-order valence-corrected chi connectivity index (χ0v) is 16.2. The molecule has 0 atom stereocenters. The van der Waals surface area contributed by atoms with Crippen molar-refractivity contribution in [2.24, 2.45) is 0 Å². The number of methoxy groups -OCH3 is 1. The Hall–Kier alpha value is -2.33. The van der Waals surface area contributed by atoms with E-state index >= 15 is 0 Å². The van der Waals surface area contributed by atoms with Crippen molar-refractivity contribution in [3.05, 3.63) is 58.7 Å². The standard InChI is InChI=1S/C22H29NO3/c1-5-7-13-26-15-19-14-18(11-12-20(19)25-4)22(24)23-21-16(3)9-8-10-17(21)6-2/h8-12,14H,5-7,13,15H2,1-4H3,(H,23,24). The molecule has 4 heteroatoms. The second kappa shape index (κ2) is 9.97. The minimum atomic E-state index is -0.119. The van der Waals surface area contributed by atoms with Crippen molar-refractivity contribution in [1.82, 2.24) is 0 Å². The third-order valence-electron chi connectivity index (χ3n) is 4.42. The molecule has 0 unspecified atom stereocenters. The molecule has 2 aromatic carbocycles. The number of amides is 1. The van der Waals surface area contributed by atoms with Gasteiger partial charge in [0.1, 0.15) is 5.75 Å². The lowest BCUT2D eigenvalue weighted by atomic mass is 10.0. The summed E-state index contributed by atoms with van der Waals surface area (Å²) in [5, 5.41) is 3.07. The summed E-state index contributed by atoms with van der Waals surface area (Å²) in [6.07, 6.45) is 2.99. The van der Waals surface area contributed by atoms with Crippen molar-refractivity contribution in [1.29, 1.82) is 0 Å². The van der Waals surface area contributed by atoms with Crippen LogP contribution >= 0.6 is 0 Å². The number of hydrogen-bond donors (Lipinski definition) is 1. The maximum absolute atomic E-state index is 12.8. The van der Waals surface area contributed by atoms with Gasteiger partial charge in [0.2, 0.25) is 0 Å². The molecule has 0 heterocycles. The highest BCUT2D eigenvalue weighted by Gasteiger charge is 2.13. The fourth-order valence-electron chi connectivity index (χ4n) is 2.85. The van der Waals surface area contributed by atoms with Gasteiger partial charge in [-0.3, -0.25) is 4.79 Å². The maximum atomic E-state index is 12.8. The summed E-state index contributed by atoms with van der Waals surface area (Å²) < 4.78 is 11.1. The van der Waals surface area contributed by atoms with Crippen LogP contribution in [0.5, 0.6) is 5.75 Å². The normalized spacial score (nSPS) is 10.6. The van der Waals surface area contributed by atoms with E-state index in [1.165, 1.54) is 0 Å². The Morgan fingerprint density at radius 1 is 1.12 bits per heavy atom. The highest BCUT2D eigenvalue weighted by Crippen LogP contribution is 2.24. The number of ether oxygens (including phenoxy) is 2. The van der Waals surface area contributed by atoms with Crippen LogP contribution in [0.15, 0.2) is 36.4 Å². The minimum absolute atomic E-state index is 0.119. The zero-order chi connectivity index (χ0) is 18.9. The lowest BCUT2D eigenvalue weighted by Crippen LogP contribution is -2.15. The second-order valence-corrected chi connectivity index (χ2v) is 6.35. The van der Waals surface area contributed by atoms with Gasteiger partial charge in [-0.1, -0.05) is 38.5 Å². The molecule has 1 N–H and O–H groups in total. The van der Waals surface area contributed by atoms with Crippen LogP contribution in [0, 0.1) is 6.92 Å². The van der Waals surface area contributed by atoms with Crippen molar-refractivity contribution < 1.29 is 14.3 Å². The summed E-state index contributed by atoms with van der Waals surface area (Å²) in [7, 11) is 1.63. The molecule has 0 saturated heterocycles. The third-order valence-corrected chi connectivity index (χ3v) is 4.42. The minimum Gasteiger partial charge on any atom is -0.496 e. The summed E-state index contributed by atoms with van der Waals surface area (Å²) in [5.41, 5.74) is 4.59. The number of hydrogen-bond acceptors (Lipinski definition) is 3. The Labute approximate surface area is 156 Å². The molecule has 0 aliphatic carbocycles. The Bertz CT molecular complexity index is 740. The summed E-state index contributed by atoms with van der Waals surface area (Å²) >= 11 is 0. The number of unbranched alkanes of at least 4 members (excludes halogenated alkanes) is 1. The van der Waals surface area contributed by atoms with Gasteiger partial charge in [-0.2, -0.15) is 0 Å². The van der Waals surface area contributed by atoms with Gasteiger partial charge < -0.3 is 14.8 Å². The fraction of sp³-hybridized carbons (Fsp3) is 0.409. The lowest BCUT2D eigenvalue weighted by molar-refractivity contribution is 0.102. The van der Waals surface area contributed by atoms with Gasteiger partial charge in [0.25, 0.3) is 5.91 Å². The van der Waals surface area contributed by atoms with Crippen LogP contribution in [0.1, 0.15) is 53.7 Å². The molecule has 26 heavy (non-hydrogen) atoms. The summed E-state index contributed by atoms with van der Waals surface area (Å²) in [6.45, 7) is 7.37. The largest absolute Gasteiger partial charge is 0.496 e. The first-order valence-corrected chi connectivity index (χ1v) is 9.25. The number of carbonyl (C=O) groups excluding carboxylic acids is 1. The summed E-state index contributed by atoms with van der Waals surface area (Å²) in [4.78, 5) is 12.8. The second-order valence-electron chi connectivity index (χ2n) is 6.35. The molecule has 1 amide bonds. The molecule has 0 bridgehead atoms. The molecule has 140 valence electrons.